The number of hydrogen-bond acceptors (Lipinski definition) is 4. The Hall–Kier alpha value is -0.770. The number of alkyl halides is 1. The maximum Gasteiger partial charge on any atom is 0.323 e. The SMILES string of the molecule is CCC(CCCCl)(C(=O)OC)C(=O)OC. The minimum Gasteiger partial charge on any atom is -0.468 e. The number of carbonyl (C=O) groups excluding carboxylic acids is 2. The zero-order valence-electron chi connectivity index (χ0n) is 9.34. The average Bonchev–Trinajstić information content (AvgIpc) is 2.29. The van der Waals surface area contributed by atoms with Gasteiger partial charge in [-0.25, -0.2) is 0 Å². The summed E-state index contributed by atoms with van der Waals surface area (Å²) in [6.07, 6.45) is 1.27. The van der Waals surface area contributed by atoms with E-state index in [9.17, 15) is 9.59 Å². The van der Waals surface area contributed by atoms with Gasteiger partial charge in [-0.3, -0.25) is 9.59 Å². The molecule has 0 radical (unpaired) electrons. The van der Waals surface area contributed by atoms with Gasteiger partial charge in [0, 0.05) is 5.88 Å². The number of carbonyl (C=O) groups is 2. The van der Waals surface area contributed by atoms with Crippen LogP contribution in [0.1, 0.15) is 26.2 Å². The predicted octanol–water partition coefficient (Wildman–Crippen LogP) is 1.75. The Kier molecular flexibility index (Phi) is 6.32. The van der Waals surface area contributed by atoms with Crippen LogP contribution in [0.2, 0.25) is 0 Å². The highest BCUT2D eigenvalue weighted by molar-refractivity contribution is 6.17. The van der Waals surface area contributed by atoms with Crippen LogP contribution in [0.4, 0.5) is 0 Å². The molecule has 88 valence electrons. The van der Waals surface area contributed by atoms with E-state index in [1.54, 1.807) is 6.92 Å². The van der Waals surface area contributed by atoms with Crippen LogP contribution in [-0.4, -0.2) is 32.0 Å². The molecule has 0 aromatic rings. The second-order valence-corrected chi connectivity index (χ2v) is 3.59. The maximum atomic E-state index is 11.6. The molecule has 0 aliphatic carbocycles. The van der Waals surface area contributed by atoms with Crippen molar-refractivity contribution in [3.8, 4) is 0 Å². The number of hydrogen-bond donors (Lipinski definition) is 0. The van der Waals surface area contributed by atoms with E-state index < -0.39 is 17.4 Å². The lowest BCUT2D eigenvalue weighted by Gasteiger charge is -2.26. The van der Waals surface area contributed by atoms with Gasteiger partial charge in [-0.2, -0.15) is 0 Å². The molecule has 0 amide bonds. The molecule has 5 heteroatoms. The third-order valence-corrected chi connectivity index (χ3v) is 2.76. The van der Waals surface area contributed by atoms with Gasteiger partial charge < -0.3 is 9.47 Å². The molecule has 4 nitrogen and oxygen atoms in total. The fourth-order valence-corrected chi connectivity index (χ4v) is 1.65. The smallest absolute Gasteiger partial charge is 0.323 e. The largest absolute Gasteiger partial charge is 0.468 e. The van der Waals surface area contributed by atoms with Crippen LogP contribution in [0.25, 0.3) is 0 Å². The second kappa shape index (κ2) is 6.67. The molecule has 0 aliphatic rings. The Morgan fingerprint density at radius 1 is 1.20 bits per heavy atom. The fourth-order valence-electron chi connectivity index (χ4n) is 1.51. The third kappa shape index (κ3) is 3.09. The van der Waals surface area contributed by atoms with E-state index in [4.69, 9.17) is 11.6 Å². The molecular weight excluding hydrogens is 220 g/mol. The minimum atomic E-state index is -1.20. The second-order valence-electron chi connectivity index (χ2n) is 3.21. The third-order valence-electron chi connectivity index (χ3n) is 2.49. The van der Waals surface area contributed by atoms with Gasteiger partial charge in [0.05, 0.1) is 14.2 Å². The van der Waals surface area contributed by atoms with E-state index in [1.807, 2.05) is 0 Å². The summed E-state index contributed by atoms with van der Waals surface area (Å²) in [5, 5.41) is 0. The molecule has 0 saturated carbocycles. The number of esters is 2. The lowest BCUT2D eigenvalue weighted by molar-refractivity contribution is -0.170. The van der Waals surface area contributed by atoms with Crippen LogP contribution >= 0.6 is 11.6 Å². The first-order chi connectivity index (χ1) is 7.08. The summed E-state index contributed by atoms with van der Waals surface area (Å²) in [5.41, 5.74) is -1.20. The first-order valence-electron chi connectivity index (χ1n) is 4.81. The quantitative estimate of drug-likeness (QED) is 0.401. The first kappa shape index (κ1) is 14.2. The summed E-state index contributed by atoms with van der Waals surface area (Å²) in [6.45, 7) is 1.75. The van der Waals surface area contributed by atoms with Gasteiger partial charge >= 0.3 is 11.9 Å². The van der Waals surface area contributed by atoms with Crippen molar-refractivity contribution < 1.29 is 19.1 Å². The van der Waals surface area contributed by atoms with E-state index in [-0.39, 0.29) is 0 Å². The summed E-state index contributed by atoms with van der Waals surface area (Å²) in [4.78, 5) is 23.2. The molecule has 0 saturated heterocycles. The van der Waals surface area contributed by atoms with Crippen LogP contribution in [0.3, 0.4) is 0 Å². The van der Waals surface area contributed by atoms with Gasteiger partial charge in [-0.05, 0) is 19.3 Å². The molecule has 0 aromatic carbocycles. The zero-order chi connectivity index (χ0) is 11.9. The van der Waals surface area contributed by atoms with E-state index in [0.29, 0.717) is 25.1 Å². The van der Waals surface area contributed by atoms with Crippen LogP contribution in [0, 0.1) is 5.41 Å². The van der Waals surface area contributed by atoms with Crippen molar-refractivity contribution in [1.29, 1.82) is 0 Å². The highest BCUT2D eigenvalue weighted by atomic mass is 35.5. The highest BCUT2D eigenvalue weighted by Gasteiger charge is 2.46. The molecule has 0 atom stereocenters. The summed E-state index contributed by atoms with van der Waals surface area (Å²) in [5.74, 6) is -0.709. The van der Waals surface area contributed by atoms with Crippen molar-refractivity contribution in [1.82, 2.24) is 0 Å². The van der Waals surface area contributed by atoms with Gasteiger partial charge in [0.15, 0.2) is 5.41 Å². The summed E-state index contributed by atoms with van der Waals surface area (Å²) >= 11 is 5.56. The average molecular weight is 237 g/mol. The maximum absolute atomic E-state index is 11.6. The highest BCUT2D eigenvalue weighted by Crippen LogP contribution is 2.31. The van der Waals surface area contributed by atoms with Crippen molar-refractivity contribution in [3.63, 3.8) is 0 Å². The van der Waals surface area contributed by atoms with Crippen molar-refractivity contribution in [2.24, 2.45) is 5.41 Å². The molecule has 0 bridgehead atoms. The molecule has 0 rings (SSSR count). The van der Waals surface area contributed by atoms with Crippen molar-refractivity contribution >= 4 is 23.5 Å². The van der Waals surface area contributed by atoms with Crippen molar-refractivity contribution in [2.75, 3.05) is 20.1 Å². The van der Waals surface area contributed by atoms with Gasteiger partial charge in [0.1, 0.15) is 0 Å². The normalized spacial score (nSPS) is 10.9. The summed E-state index contributed by atoms with van der Waals surface area (Å²) < 4.78 is 9.29. The molecule has 0 aliphatic heterocycles. The topological polar surface area (TPSA) is 52.6 Å². The predicted molar refractivity (Wildman–Crippen MR) is 56.7 cm³/mol. The molecule has 0 fully saturated rings. The minimum absolute atomic E-state index is 0.350. The summed E-state index contributed by atoms with van der Waals surface area (Å²) in [6, 6.07) is 0. The molecule has 0 aromatic heterocycles. The Bertz CT molecular complexity index is 211. The van der Waals surface area contributed by atoms with Crippen LogP contribution < -0.4 is 0 Å². The van der Waals surface area contributed by atoms with Gasteiger partial charge in [-0.15, -0.1) is 11.6 Å². The molecule has 0 spiro atoms. The Labute approximate surface area is 94.9 Å². The molecular formula is C10H17ClO4. The number of methoxy groups -OCH3 is 2. The van der Waals surface area contributed by atoms with Crippen molar-refractivity contribution in [2.45, 2.75) is 26.2 Å². The van der Waals surface area contributed by atoms with Crippen LogP contribution in [-0.2, 0) is 19.1 Å². The summed E-state index contributed by atoms with van der Waals surface area (Å²) in [7, 11) is 2.52. The first-order valence-corrected chi connectivity index (χ1v) is 5.35. The standard InChI is InChI=1S/C10H17ClO4/c1-4-10(6-5-7-11,8(12)14-2)9(13)15-3/h4-7H2,1-3H3. The number of ether oxygens (including phenoxy) is 2. The van der Waals surface area contributed by atoms with Gasteiger partial charge in [0.25, 0.3) is 0 Å². The molecule has 0 N–H and O–H groups in total. The number of halogens is 1. The lowest BCUT2D eigenvalue weighted by atomic mass is 9.81. The number of rotatable bonds is 6. The fraction of sp³-hybridized carbons (Fsp3) is 0.800. The van der Waals surface area contributed by atoms with E-state index in [0.717, 1.165) is 0 Å². The van der Waals surface area contributed by atoms with E-state index in [1.165, 1.54) is 14.2 Å². The Balaban J connectivity index is 4.92. The monoisotopic (exact) mass is 236 g/mol. The molecule has 15 heavy (non-hydrogen) atoms. The van der Waals surface area contributed by atoms with Gasteiger partial charge in [0.2, 0.25) is 0 Å². The van der Waals surface area contributed by atoms with Gasteiger partial charge in [-0.1, -0.05) is 6.92 Å². The Morgan fingerprint density at radius 2 is 1.67 bits per heavy atom. The van der Waals surface area contributed by atoms with Crippen molar-refractivity contribution in [3.05, 3.63) is 0 Å². The Morgan fingerprint density at radius 3 is 1.93 bits per heavy atom. The van der Waals surface area contributed by atoms with E-state index >= 15 is 0 Å². The lowest BCUT2D eigenvalue weighted by Crippen LogP contribution is -2.40. The van der Waals surface area contributed by atoms with E-state index in [2.05, 4.69) is 9.47 Å². The van der Waals surface area contributed by atoms with Crippen LogP contribution in [0.5, 0.6) is 0 Å². The van der Waals surface area contributed by atoms with Crippen LogP contribution in [0.15, 0.2) is 0 Å². The molecule has 0 heterocycles. The molecule has 0 unspecified atom stereocenters. The zero-order valence-corrected chi connectivity index (χ0v) is 10.1.